The first-order valence-corrected chi connectivity index (χ1v) is 8.19. The number of nitrogens with one attached hydrogen (secondary N) is 1. The molecule has 0 radical (unpaired) electrons. The highest BCUT2D eigenvalue weighted by atomic mass is 16.5. The second-order valence-corrected chi connectivity index (χ2v) is 6.42. The van der Waals surface area contributed by atoms with Gasteiger partial charge in [-0.2, -0.15) is 0 Å². The van der Waals surface area contributed by atoms with Crippen LogP contribution < -0.4 is 10.1 Å². The summed E-state index contributed by atoms with van der Waals surface area (Å²) < 4.78 is 5.30. The number of hydrogen-bond acceptors (Lipinski definition) is 3. The minimum Gasteiger partial charge on any atom is -0.496 e. The molecule has 1 saturated carbocycles. The summed E-state index contributed by atoms with van der Waals surface area (Å²) in [7, 11) is 3.71. The molecule has 4 heteroatoms. The van der Waals surface area contributed by atoms with Crippen molar-refractivity contribution in [1.82, 2.24) is 10.2 Å². The molecule has 1 aliphatic carbocycles. The van der Waals surface area contributed by atoms with E-state index in [1.54, 1.807) is 7.11 Å². The Hall–Kier alpha value is -1.55. The number of likely N-dealkylation sites (N-methyl/N-ethyl adjacent to an activating group) is 1. The third kappa shape index (κ3) is 4.73. The van der Waals surface area contributed by atoms with E-state index in [2.05, 4.69) is 24.2 Å². The van der Waals surface area contributed by atoms with Crippen LogP contribution in [0.2, 0.25) is 0 Å². The Bertz CT molecular complexity index is 482. The first-order chi connectivity index (χ1) is 10.6. The quantitative estimate of drug-likeness (QED) is 0.878. The second kappa shape index (κ2) is 8.18. The zero-order valence-corrected chi connectivity index (χ0v) is 14.0. The molecule has 1 aromatic carbocycles. The van der Waals surface area contributed by atoms with Crippen molar-refractivity contribution in [1.29, 1.82) is 0 Å². The summed E-state index contributed by atoms with van der Waals surface area (Å²) in [5, 5.41) is 2.99. The number of carbonyl (C=O) groups is 1. The van der Waals surface area contributed by atoms with Crippen LogP contribution in [-0.4, -0.2) is 37.6 Å². The first-order valence-electron chi connectivity index (χ1n) is 8.19. The third-order valence-corrected chi connectivity index (χ3v) is 4.67. The van der Waals surface area contributed by atoms with E-state index in [9.17, 15) is 4.79 Å². The predicted octanol–water partition coefficient (Wildman–Crippen LogP) is 2.82. The lowest BCUT2D eigenvalue weighted by Gasteiger charge is -2.33. The normalized spacial score (nSPS) is 21.6. The van der Waals surface area contributed by atoms with Gasteiger partial charge in [-0.25, -0.2) is 0 Å². The molecule has 1 N–H and O–H groups in total. The van der Waals surface area contributed by atoms with Gasteiger partial charge < -0.3 is 10.1 Å². The number of benzene rings is 1. The van der Waals surface area contributed by atoms with Crippen LogP contribution in [0, 0.1) is 5.92 Å². The summed E-state index contributed by atoms with van der Waals surface area (Å²) in [6.07, 6.45) is 4.96. The fraction of sp³-hybridized carbons (Fsp3) is 0.611. The van der Waals surface area contributed by atoms with Gasteiger partial charge in [0.25, 0.3) is 0 Å². The summed E-state index contributed by atoms with van der Waals surface area (Å²) in [6, 6.07) is 8.33. The van der Waals surface area contributed by atoms with Gasteiger partial charge in [0.15, 0.2) is 0 Å². The van der Waals surface area contributed by atoms with Crippen LogP contribution >= 0.6 is 0 Å². The molecule has 2 rings (SSSR count). The van der Waals surface area contributed by atoms with Gasteiger partial charge in [0.1, 0.15) is 5.75 Å². The number of amides is 1. The lowest BCUT2D eigenvalue weighted by molar-refractivity contribution is -0.122. The maximum absolute atomic E-state index is 12.1. The average molecular weight is 304 g/mol. The third-order valence-electron chi connectivity index (χ3n) is 4.67. The van der Waals surface area contributed by atoms with E-state index in [0.29, 0.717) is 19.1 Å². The van der Waals surface area contributed by atoms with Crippen molar-refractivity contribution in [2.45, 2.75) is 45.2 Å². The number of hydrogen-bond donors (Lipinski definition) is 1. The van der Waals surface area contributed by atoms with Crippen molar-refractivity contribution in [3.05, 3.63) is 29.8 Å². The van der Waals surface area contributed by atoms with Gasteiger partial charge in [0.2, 0.25) is 5.91 Å². The van der Waals surface area contributed by atoms with E-state index < -0.39 is 0 Å². The highest BCUT2D eigenvalue weighted by Crippen LogP contribution is 2.26. The van der Waals surface area contributed by atoms with Gasteiger partial charge in [0.05, 0.1) is 13.7 Å². The Morgan fingerprint density at radius 1 is 1.27 bits per heavy atom. The summed E-state index contributed by atoms with van der Waals surface area (Å²) in [6.45, 7) is 3.29. The summed E-state index contributed by atoms with van der Waals surface area (Å²) in [4.78, 5) is 14.3. The Morgan fingerprint density at radius 3 is 2.64 bits per heavy atom. The van der Waals surface area contributed by atoms with Crippen molar-refractivity contribution in [3.63, 3.8) is 0 Å². The Morgan fingerprint density at radius 2 is 1.95 bits per heavy atom. The molecular weight excluding hydrogens is 276 g/mol. The number of rotatable bonds is 6. The molecule has 0 aromatic heterocycles. The van der Waals surface area contributed by atoms with E-state index >= 15 is 0 Å². The highest BCUT2D eigenvalue weighted by molar-refractivity contribution is 5.78. The summed E-state index contributed by atoms with van der Waals surface area (Å²) in [5.74, 6) is 1.73. The number of ether oxygens (including phenoxy) is 1. The fourth-order valence-corrected chi connectivity index (χ4v) is 3.14. The lowest BCUT2D eigenvalue weighted by Crippen LogP contribution is -2.41. The Kier molecular flexibility index (Phi) is 6.25. The van der Waals surface area contributed by atoms with Crippen LogP contribution in [-0.2, 0) is 11.3 Å². The molecule has 0 unspecified atom stereocenters. The standard InChI is InChI=1S/C18H28N2O2/c1-14-8-10-16(11-9-14)20(2)13-18(21)19-12-15-6-4-5-7-17(15)22-3/h4-7,14,16H,8-13H2,1-3H3,(H,19,21). The van der Waals surface area contributed by atoms with Gasteiger partial charge in [-0.05, 0) is 44.7 Å². The van der Waals surface area contributed by atoms with Gasteiger partial charge in [0, 0.05) is 18.2 Å². The van der Waals surface area contributed by atoms with E-state index in [0.717, 1.165) is 17.2 Å². The van der Waals surface area contributed by atoms with E-state index in [4.69, 9.17) is 4.74 Å². The Balaban J connectivity index is 1.78. The largest absolute Gasteiger partial charge is 0.496 e. The molecule has 122 valence electrons. The van der Waals surface area contributed by atoms with E-state index in [1.807, 2.05) is 24.3 Å². The van der Waals surface area contributed by atoms with Crippen molar-refractivity contribution < 1.29 is 9.53 Å². The molecule has 0 bridgehead atoms. The molecule has 0 saturated heterocycles. The number of carbonyl (C=O) groups excluding carboxylic acids is 1. The van der Waals surface area contributed by atoms with Crippen LogP contribution in [0.5, 0.6) is 5.75 Å². The SMILES string of the molecule is COc1ccccc1CNC(=O)CN(C)C1CCC(C)CC1. The van der Waals surface area contributed by atoms with Crippen LogP contribution in [0.25, 0.3) is 0 Å². The number of nitrogens with zero attached hydrogens (tertiary/aromatic N) is 1. The predicted molar refractivity (Wildman–Crippen MR) is 88.9 cm³/mol. The fourth-order valence-electron chi connectivity index (χ4n) is 3.14. The smallest absolute Gasteiger partial charge is 0.234 e. The second-order valence-electron chi connectivity index (χ2n) is 6.42. The van der Waals surface area contributed by atoms with Crippen LogP contribution in [0.4, 0.5) is 0 Å². The van der Waals surface area contributed by atoms with Crippen LogP contribution in [0.1, 0.15) is 38.2 Å². The van der Waals surface area contributed by atoms with Crippen molar-refractivity contribution in [2.75, 3.05) is 20.7 Å². The highest BCUT2D eigenvalue weighted by Gasteiger charge is 2.22. The van der Waals surface area contributed by atoms with Crippen molar-refractivity contribution in [2.24, 2.45) is 5.92 Å². The average Bonchev–Trinajstić information content (AvgIpc) is 2.53. The van der Waals surface area contributed by atoms with Crippen LogP contribution in [0.15, 0.2) is 24.3 Å². The minimum atomic E-state index is 0.0760. The van der Waals surface area contributed by atoms with Crippen molar-refractivity contribution in [3.8, 4) is 5.75 Å². The number of para-hydroxylation sites is 1. The molecule has 4 nitrogen and oxygen atoms in total. The molecule has 22 heavy (non-hydrogen) atoms. The Labute approximate surface area is 133 Å². The molecule has 0 spiro atoms. The molecule has 1 fully saturated rings. The molecule has 1 aliphatic rings. The summed E-state index contributed by atoms with van der Waals surface area (Å²) >= 11 is 0. The monoisotopic (exact) mass is 304 g/mol. The zero-order valence-electron chi connectivity index (χ0n) is 14.0. The number of methoxy groups -OCH3 is 1. The molecule has 0 atom stereocenters. The van der Waals surface area contributed by atoms with Gasteiger partial charge in [-0.3, -0.25) is 9.69 Å². The minimum absolute atomic E-state index is 0.0760. The molecule has 0 heterocycles. The maximum atomic E-state index is 12.1. The van der Waals surface area contributed by atoms with Gasteiger partial charge in [-0.1, -0.05) is 25.1 Å². The van der Waals surface area contributed by atoms with Crippen molar-refractivity contribution >= 4 is 5.91 Å². The van der Waals surface area contributed by atoms with E-state index in [1.165, 1.54) is 25.7 Å². The summed E-state index contributed by atoms with van der Waals surface area (Å²) in [5.41, 5.74) is 1.01. The molecule has 0 aliphatic heterocycles. The topological polar surface area (TPSA) is 41.6 Å². The van der Waals surface area contributed by atoms with Gasteiger partial charge >= 0.3 is 0 Å². The molecule has 1 aromatic rings. The lowest BCUT2D eigenvalue weighted by atomic mass is 9.87. The van der Waals surface area contributed by atoms with Crippen LogP contribution in [0.3, 0.4) is 0 Å². The zero-order chi connectivity index (χ0) is 15.9. The molecular formula is C18H28N2O2. The molecule has 1 amide bonds. The maximum Gasteiger partial charge on any atom is 0.234 e. The van der Waals surface area contributed by atoms with Gasteiger partial charge in [-0.15, -0.1) is 0 Å². The van der Waals surface area contributed by atoms with E-state index in [-0.39, 0.29) is 5.91 Å². The first kappa shape index (κ1) is 16.8.